The highest BCUT2D eigenvalue weighted by atomic mass is 35.5. The highest BCUT2D eigenvalue weighted by molar-refractivity contribution is 6.32. The van der Waals surface area contributed by atoms with Crippen molar-refractivity contribution in [1.29, 1.82) is 5.26 Å². The fraction of sp³-hybridized carbons (Fsp3) is 0.462. The minimum Gasteiger partial charge on any atom is -0.454 e. The highest BCUT2D eigenvalue weighted by Gasteiger charge is 2.26. The van der Waals surface area contributed by atoms with Gasteiger partial charge >= 0.3 is 0 Å². The molecule has 0 aliphatic carbocycles. The molecular weight excluding hydrogens is 252 g/mol. The zero-order chi connectivity index (χ0) is 12.5. The first kappa shape index (κ1) is 11.6. The first-order chi connectivity index (χ1) is 8.79. The average Bonchev–Trinajstić information content (AvgIpc) is 3.00. The molecule has 1 fully saturated rings. The molecule has 1 aromatic rings. The zero-order valence-corrected chi connectivity index (χ0v) is 10.6. The molecule has 0 N–H and O–H groups in total. The van der Waals surface area contributed by atoms with Gasteiger partial charge in [-0.1, -0.05) is 11.6 Å². The van der Waals surface area contributed by atoms with Crippen molar-refractivity contribution in [3.63, 3.8) is 0 Å². The lowest BCUT2D eigenvalue weighted by Crippen LogP contribution is -2.24. The van der Waals surface area contributed by atoms with Gasteiger partial charge in [0.2, 0.25) is 6.79 Å². The van der Waals surface area contributed by atoms with Crippen LogP contribution in [0.4, 0.5) is 0 Å². The molecule has 2 heterocycles. The van der Waals surface area contributed by atoms with Crippen molar-refractivity contribution in [2.75, 3.05) is 19.9 Å². The van der Waals surface area contributed by atoms with Crippen molar-refractivity contribution < 1.29 is 9.47 Å². The minimum atomic E-state index is -0.250. The average molecular weight is 265 g/mol. The van der Waals surface area contributed by atoms with Crippen molar-refractivity contribution in [1.82, 2.24) is 4.90 Å². The SMILES string of the molecule is N#CC(c1cc(Cl)c2c(c1)OCO2)N1CCCC1. The molecule has 4 nitrogen and oxygen atoms in total. The van der Waals surface area contributed by atoms with Gasteiger partial charge in [-0.3, -0.25) is 4.90 Å². The smallest absolute Gasteiger partial charge is 0.231 e. The molecule has 0 aromatic heterocycles. The molecule has 1 atom stereocenters. The molecule has 0 radical (unpaired) electrons. The van der Waals surface area contributed by atoms with E-state index in [0.29, 0.717) is 16.5 Å². The van der Waals surface area contributed by atoms with Gasteiger partial charge in [0, 0.05) is 0 Å². The van der Waals surface area contributed by atoms with Crippen LogP contribution in [0.15, 0.2) is 12.1 Å². The van der Waals surface area contributed by atoms with Crippen LogP contribution in [0.1, 0.15) is 24.4 Å². The van der Waals surface area contributed by atoms with Crippen molar-refractivity contribution >= 4 is 11.6 Å². The number of nitriles is 1. The second kappa shape index (κ2) is 4.68. The number of fused-ring (bicyclic) bond motifs is 1. The second-order valence-corrected chi connectivity index (χ2v) is 4.92. The monoisotopic (exact) mass is 264 g/mol. The molecule has 2 aliphatic heterocycles. The van der Waals surface area contributed by atoms with Gasteiger partial charge in [0.05, 0.1) is 11.1 Å². The summed E-state index contributed by atoms with van der Waals surface area (Å²) in [5.74, 6) is 1.22. The minimum absolute atomic E-state index is 0.194. The summed E-state index contributed by atoms with van der Waals surface area (Å²) >= 11 is 6.15. The molecule has 5 heteroatoms. The number of ether oxygens (including phenoxy) is 2. The number of likely N-dealkylation sites (tertiary alicyclic amines) is 1. The summed E-state index contributed by atoms with van der Waals surface area (Å²) in [5, 5.41) is 9.89. The van der Waals surface area contributed by atoms with Crippen LogP contribution in [0, 0.1) is 11.3 Å². The highest BCUT2D eigenvalue weighted by Crippen LogP contribution is 2.42. The van der Waals surface area contributed by atoms with E-state index in [2.05, 4.69) is 11.0 Å². The zero-order valence-electron chi connectivity index (χ0n) is 9.86. The number of hydrogen-bond acceptors (Lipinski definition) is 4. The number of hydrogen-bond donors (Lipinski definition) is 0. The van der Waals surface area contributed by atoms with E-state index in [9.17, 15) is 5.26 Å². The molecule has 1 aromatic carbocycles. The van der Waals surface area contributed by atoms with Crippen LogP contribution in [-0.4, -0.2) is 24.8 Å². The summed E-state index contributed by atoms with van der Waals surface area (Å²) < 4.78 is 10.6. The largest absolute Gasteiger partial charge is 0.454 e. The molecule has 0 saturated carbocycles. The van der Waals surface area contributed by atoms with Gasteiger partial charge in [-0.05, 0) is 43.6 Å². The lowest BCUT2D eigenvalue weighted by atomic mass is 10.1. The standard InChI is InChI=1S/C13H13ClN2O2/c14-10-5-9(6-12-13(10)18-8-17-12)11(7-15)16-3-1-2-4-16/h5-6,11H,1-4,8H2. The molecule has 2 aliphatic rings. The Bertz CT molecular complexity index is 506. The van der Waals surface area contributed by atoms with E-state index in [1.54, 1.807) is 6.07 Å². The fourth-order valence-corrected chi connectivity index (χ4v) is 2.79. The molecule has 0 amide bonds. The summed E-state index contributed by atoms with van der Waals surface area (Å²) in [4.78, 5) is 2.17. The quantitative estimate of drug-likeness (QED) is 0.824. The van der Waals surface area contributed by atoms with Gasteiger partial charge in [-0.2, -0.15) is 5.26 Å². The van der Waals surface area contributed by atoms with Gasteiger partial charge in [-0.15, -0.1) is 0 Å². The van der Waals surface area contributed by atoms with Crippen molar-refractivity contribution in [3.8, 4) is 17.6 Å². The van der Waals surface area contributed by atoms with Gasteiger partial charge in [0.1, 0.15) is 6.04 Å². The van der Waals surface area contributed by atoms with Crippen LogP contribution in [0.5, 0.6) is 11.5 Å². The van der Waals surface area contributed by atoms with Crippen molar-refractivity contribution in [3.05, 3.63) is 22.7 Å². The Morgan fingerprint density at radius 3 is 2.78 bits per heavy atom. The summed E-state index contributed by atoms with van der Waals surface area (Å²) in [5.41, 5.74) is 0.883. The van der Waals surface area contributed by atoms with E-state index < -0.39 is 0 Å². The van der Waals surface area contributed by atoms with Crippen LogP contribution in [-0.2, 0) is 0 Å². The third-order valence-corrected chi connectivity index (χ3v) is 3.67. The van der Waals surface area contributed by atoms with Crippen LogP contribution in [0.3, 0.4) is 0 Å². The number of rotatable bonds is 2. The molecular formula is C13H13ClN2O2. The maximum Gasteiger partial charge on any atom is 0.231 e. The van der Waals surface area contributed by atoms with Crippen LogP contribution in [0.25, 0.3) is 0 Å². The Balaban J connectivity index is 1.95. The second-order valence-electron chi connectivity index (χ2n) is 4.51. The van der Waals surface area contributed by atoms with Gasteiger partial charge in [0.15, 0.2) is 11.5 Å². The third kappa shape index (κ3) is 1.90. The Kier molecular flexibility index (Phi) is 3.02. The normalized spacial score (nSPS) is 19.8. The maximum atomic E-state index is 9.37. The van der Waals surface area contributed by atoms with E-state index in [0.717, 1.165) is 31.5 Å². The Hall–Kier alpha value is -1.44. The van der Waals surface area contributed by atoms with Crippen LogP contribution < -0.4 is 9.47 Å². The maximum absolute atomic E-state index is 9.37. The van der Waals surface area contributed by atoms with Crippen LogP contribution >= 0.6 is 11.6 Å². The molecule has 0 bridgehead atoms. The van der Waals surface area contributed by atoms with Crippen molar-refractivity contribution in [2.45, 2.75) is 18.9 Å². The fourth-order valence-electron chi connectivity index (χ4n) is 2.51. The van der Waals surface area contributed by atoms with Gasteiger partial charge in [0.25, 0.3) is 0 Å². The van der Waals surface area contributed by atoms with E-state index >= 15 is 0 Å². The first-order valence-corrected chi connectivity index (χ1v) is 6.40. The molecule has 94 valence electrons. The van der Waals surface area contributed by atoms with Crippen molar-refractivity contribution in [2.24, 2.45) is 0 Å². The summed E-state index contributed by atoms with van der Waals surface area (Å²) in [6.07, 6.45) is 2.30. The van der Waals surface area contributed by atoms with Crippen LogP contribution in [0.2, 0.25) is 5.02 Å². The molecule has 3 rings (SSSR count). The summed E-state index contributed by atoms with van der Waals surface area (Å²) in [6, 6.07) is 5.77. The van der Waals surface area contributed by atoms with E-state index in [-0.39, 0.29) is 12.8 Å². The molecule has 1 saturated heterocycles. The number of nitrogens with zero attached hydrogens (tertiary/aromatic N) is 2. The Labute approximate surface area is 111 Å². The number of benzene rings is 1. The molecule has 0 spiro atoms. The predicted molar refractivity (Wildman–Crippen MR) is 66.7 cm³/mol. The van der Waals surface area contributed by atoms with E-state index in [1.165, 1.54) is 0 Å². The summed E-state index contributed by atoms with van der Waals surface area (Å²) in [7, 11) is 0. The first-order valence-electron chi connectivity index (χ1n) is 6.02. The van der Waals surface area contributed by atoms with E-state index in [1.807, 2.05) is 6.07 Å². The molecule has 18 heavy (non-hydrogen) atoms. The lowest BCUT2D eigenvalue weighted by molar-refractivity contribution is 0.174. The lowest BCUT2D eigenvalue weighted by Gasteiger charge is -2.21. The summed E-state index contributed by atoms with van der Waals surface area (Å²) in [6.45, 7) is 2.12. The predicted octanol–water partition coefficient (Wildman–Crippen LogP) is 2.73. The Morgan fingerprint density at radius 1 is 1.28 bits per heavy atom. The van der Waals surface area contributed by atoms with E-state index in [4.69, 9.17) is 21.1 Å². The van der Waals surface area contributed by atoms with Gasteiger partial charge < -0.3 is 9.47 Å². The topological polar surface area (TPSA) is 45.5 Å². The number of halogens is 1. The molecule has 1 unspecified atom stereocenters. The van der Waals surface area contributed by atoms with Gasteiger partial charge in [-0.25, -0.2) is 0 Å². The third-order valence-electron chi connectivity index (χ3n) is 3.39. The Morgan fingerprint density at radius 2 is 2.06 bits per heavy atom.